The van der Waals surface area contributed by atoms with E-state index in [0.717, 1.165) is 11.4 Å². The van der Waals surface area contributed by atoms with Crippen molar-refractivity contribution in [2.75, 3.05) is 40.6 Å². The van der Waals surface area contributed by atoms with Crippen LogP contribution in [-0.2, 0) is 54.1 Å². The maximum Gasteiger partial charge on any atom is 0.317 e. The number of anilines is 1. The lowest BCUT2D eigenvalue weighted by molar-refractivity contribution is -0.136. The topological polar surface area (TPSA) is 392 Å². The molecule has 27 nitrogen and oxygen atoms in total. The molecule has 90 heavy (non-hydrogen) atoms. The van der Waals surface area contributed by atoms with Crippen LogP contribution >= 0.6 is 48.9 Å². The first-order valence-electron chi connectivity index (χ1n) is 27.0. The summed E-state index contributed by atoms with van der Waals surface area (Å²) in [5.41, 5.74) is 8.10. The van der Waals surface area contributed by atoms with E-state index in [1.165, 1.54) is 47.3 Å². The fourth-order valence-corrected chi connectivity index (χ4v) is 7.02. The van der Waals surface area contributed by atoms with Gasteiger partial charge < -0.3 is 77.9 Å². The number of aromatic amines is 3. The van der Waals surface area contributed by atoms with E-state index in [4.69, 9.17) is 70.1 Å². The molecule has 7 heterocycles. The number of carbonyl (C=O) groups excluding carboxylic acids is 6. The molecule has 3 aromatic rings. The number of rotatable bonds is 6. The van der Waals surface area contributed by atoms with Gasteiger partial charge in [-0.05, 0) is 111 Å². The summed E-state index contributed by atoms with van der Waals surface area (Å²) in [6.07, 6.45) is 4.36. The summed E-state index contributed by atoms with van der Waals surface area (Å²) in [6.45, 7) is 30.4. The normalized spacial score (nSPS) is 13.6. The Hall–Kier alpha value is -7.66. The molecule has 0 unspecified atom stereocenters. The Morgan fingerprint density at radius 3 is 1.42 bits per heavy atom. The van der Waals surface area contributed by atoms with Crippen molar-refractivity contribution in [2.45, 2.75) is 146 Å². The minimum Gasteiger partial charge on any atom is -0.495 e. The molecule has 0 bridgehead atoms. The number of carboxylic acids is 1. The van der Waals surface area contributed by atoms with Gasteiger partial charge >= 0.3 is 5.97 Å². The SMILES string of the molecule is CC.CC.CC.CC.CN1C(=O)C=C(N)C1(C)C.CNC(=S)NC1=CC(=O)N(C)C1(C)C.CNC(=S)NC1=CC(=O)NC1(C)C.CNC(C(C)=O)C(C)=O.Cn1c(=S)[nH]c2c(c1=O)NC(=O)C2.Cn1c(=S)[nH]c2cc(O)[nH]c2c1=O.N#CCC(=O)O.[B].[B].[B].[B]. The Morgan fingerprint density at radius 2 is 1.11 bits per heavy atom. The zero-order valence-electron chi connectivity index (χ0n) is 56.1. The van der Waals surface area contributed by atoms with Gasteiger partial charge in [-0.3, -0.25) is 52.3 Å². The maximum atomic E-state index is 11.5. The van der Waals surface area contributed by atoms with Gasteiger partial charge in [0.2, 0.25) is 23.6 Å². The number of nitriles is 1. The molecule has 0 atom stereocenters. The van der Waals surface area contributed by atoms with E-state index in [1.54, 1.807) is 65.2 Å². The van der Waals surface area contributed by atoms with Crippen LogP contribution in [0.15, 0.2) is 51.0 Å². The smallest absolute Gasteiger partial charge is 0.317 e. The summed E-state index contributed by atoms with van der Waals surface area (Å²) in [5, 5.41) is 44.8. The highest BCUT2D eigenvalue weighted by Gasteiger charge is 2.38. The van der Waals surface area contributed by atoms with Crippen molar-refractivity contribution in [2.24, 2.45) is 19.8 Å². The number of aliphatic carboxylic acids is 1. The molecule has 4 aliphatic rings. The molecule has 3 aromatic heterocycles. The number of likely N-dealkylation sites (N-methyl/N-ethyl adjacent to an activating group) is 3. The molecule has 4 amide bonds. The summed E-state index contributed by atoms with van der Waals surface area (Å²) >= 11 is 19.7. The number of H-pyrrole nitrogens is 3. The minimum atomic E-state index is -1.07. The van der Waals surface area contributed by atoms with Crippen LogP contribution in [0.2, 0.25) is 0 Å². The van der Waals surface area contributed by atoms with Crippen molar-refractivity contribution in [3.8, 4) is 11.9 Å². The zero-order valence-corrected chi connectivity index (χ0v) is 59.4. The van der Waals surface area contributed by atoms with Crippen LogP contribution in [0, 0.1) is 20.9 Å². The van der Waals surface area contributed by atoms with E-state index >= 15 is 0 Å². The predicted molar refractivity (Wildman–Crippen MR) is 374 cm³/mol. The number of fused-ring (bicyclic) bond motifs is 2. The molecule has 0 saturated heterocycles. The number of hydrogen-bond donors (Lipinski definition) is 13. The third-order valence-corrected chi connectivity index (χ3v) is 13.1. The molecule has 0 saturated carbocycles. The second-order valence-electron chi connectivity index (χ2n) is 18.4. The summed E-state index contributed by atoms with van der Waals surface area (Å²) in [6, 6.07) is 2.28. The predicted octanol–water partition coefficient (Wildman–Crippen LogP) is 3.05. The summed E-state index contributed by atoms with van der Waals surface area (Å²) in [5.74, 6) is -1.68. The number of nitrogens with zero attached hydrogens (tertiary/aromatic N) is 5. The van der Waals surface area contributed by atoms with E-state index in [2.05, 4.69) is 52.2 Å². The molecule has 494 valence electrons. The van der Waals surface area contributed by atoms with Crippen LogP contribution in [0.25, 0.3) is 11.0 Å². The van der Waals surface area contributed by atoms with Crippen molar-refractivity contribution < 1.29 is 43.8 Å². The quantitative estimate of drug-likeness (QED) is 0.0958. The molecule has 4 aliphatic heterocycles. The molecule has 35 heteroatoms. The van der Waals surface area contributed by atoms with Gasteiger partial charge in [-0.2, -0.15) is 5.26 Å². The summed E-state index contributed by atoms with van der Waals surface area (Å²) in [4.78, 5) is 109. The zero-order chi connectivity index (χ0) is 68.5. The van der Waals surface area contributed by atoms with Gasteiger partial charge in [0.1, 0.15) is 23.7 Å². The molecular weight excluding hydrogens is 1230 g/mol. The molecule has 7 rings (SSSR count). The molecule has 14 N–H and O–H groups in total. The number of carboxylic acid groups (broad SMARTS) is 1. The Balaban J connectivity index is -0.000000143. The minimum absolute atomic E-state index is 0. The van der Waals surface area contributed by atoms with Crippen molar-refractivity contribution >= 4 is 151 Å². The lowest BCUT2D eigenvalue weighted by Gasteiger charge is -2.31. The second kappa shape index (κ2) is 47.3. The number of Topliss-reactive ketones (excluding diaryl/α,β-unsaturated/α-hetero) is 2. The fraction of sp³-hybridized carbons (Fsp3) is 0.527. The first-order chi connectivity index (χ1) is 39.8. The van der Waals surface area contributed by atoms with Gasteiger partial charge in [0.25, 0.3) is 11.1 Å². The van der Waals surface area contributed by atoms with Gasteiger partial charge in [0.05, 0.1) is 40.3 Å². The number of aromatic hydroxyl groups is 1. The van der Waals surface area contributed by atoms with Gasteiger partial charge in [-0.1, -0.05) is 55.4 Å². The second-order valence-corrected chi connectivity index (χ2v) is 20.0. The van der Waals surface area contributed by atoms with Crippen LogP contribution in [0.5, 0.6) is 5.88 Å². The first-order valence-corrected chi connectivity index (χ1v) is 28.7. The number of aromatic nitrogens is 5. The summed E-state index contributed by atoms with van der Waals surface area (Å²) in [7, 11) is 11.7. The average molecular weight is 1320 g/mol. The van der Waals surface area contributed by atoms with Crippen molar-refractivity contribution in [1.29, 1.82) is 5.26 Å². The third kappa shape index (κ3) is 30.7. The number of amides is 4. The number of carbonyl (C=O) groups is 7. The van der Waals surface area contributed by atoms with E-state index < -0.39 is 18.4 Å². The van der Waals surface area contributed by atoms with Gasteiger partial charge in [0.15, 0.2) is 37.2 Å². The summed E-state index contributed by atoms with van der Waals surface area (Å²) < 4.78 is 3.25. The largest absolute Gasteiger partial charge is 0.495 e. The Labute approximate surface area is 558 Å². The van der Waals surface area contributed by atoms with Crippen LogP contribution in [0.4, 0.5) is 5.69 Å². The third-order valence-electron chi connectivity index (χ3n) is 11.8. The maximum absolute atomic E-state index is 11.5. The van der Waals surface area contributed by atoms with Gasteiger partial charge in [-0.15, -0.1) is 0 Å². The monoisotopic (exact) mass is 1320 g/mol. The van der Waals surface area contributed by atoms with Crippen LogP contribution in [0.1, 0.15) is 123 Å². The standard InChI is InChI=1S/C9H15N3OS.C8H13N3OS.2C7H7N3O2S.C7H12N2O.C6H11NO2.C3H3NO2.4C2H6.4B/c1-9(2)6(11-8(14)10-3)5-7(13)12(9)4;1-8(2)5(4-6(12)11-8)10-7(13)9-3;2*1-10-6(12)5-3(8-7(10)13)2-4(11)9-5;1-7(2)5(8)4-6(10)9(7)3;1-4(8)6(7-3)5(2)9;4-2-1-3(5)6;4*1-2;;;;/h5H,1-4H3,(H2,10,11,14);4H,1-3H3,(H,11,12)(H2,9,10,13);2H2,1H3,(H,8,13)(H,9,11);2,9,11H,1H3,(H,8,13);4H,8H2,1-3H3;6-7H,1-3H3;1H2,(H,5,6);4*1-2H3;;;;. The molecule has 0 fully saturated rings. The van der Waals surface area contributed by atoms with Crippen molar-refractivity contribution in [3.05, 3.63) is 77.3 Å². The number of hydrogen-bond acceptors (Lipinski definition) is 17. The lowest BCUT2D eigenvalue weighted by Crippen LogP contribution is -2.46. The van der Waals surface area contributed by atoms with Crippen molar-refractivity contribution in [3.63, 3.8) is 0 Å². The van der Waals surface area contributed by atoms with Gasteiger partial charge in [-0.25, -0.2) is 0 Å². The Bertz CT molecular complexity index is 3240. The van der Waals surface area contributed by atoms with E-state index in [9.17, 15) is 43.2 Å². The highest BCUT2D eigenvalue weighted by molar-refractivity contribution is 7.80. The number of thiocarbonyl (C=S) groups is 2. The number of nitrogens with two attached hydrogens (primary N) is 1. The number of nitrogens with one attached hydrogen (secondary N) is 10. The average Bonchev–Trinajstić information content (AvgIpc) is 4.41. The van der Waals surface area contributed by atoms with Crippen molar-refractivity contribution in [1.82, 2.24) is 65.8 Å². The molecule has 0 aromatic carbocycles. The lowest BCUT2D eigenvalue weighted by atomic mass is 10.0. The first kappa shape index (κ1) is 98.6. The molecular formula is C55H92B4N16O11S4. The van der Waals surface area contributed by atoms with Crippen LogP contribution in [0.3, 0.4) is 0 Å². The van der Waals surface area contributed by atoms with Crippen LogP contribution < -0.4 is 54.1 Å². The van der Waals surface area contributed by atoms with E-state index in [0.29, 0.717) is 47.9 Å². The van der Waals surface area contributed by atoms with E-state index in [1.807, 2.05) is 96.9 Å². The molecule has 0 spiro atoms. The highest BCUT2D eigenvalue weighted by Crippen LogP contribution is 2.27. The fourth-order valence-electron chi connectivity index (χ4n) is 6.40. The highest BCUT2D eigenvalue weighted by atomic mass is 32.1. The molecule has 0 aliphatic carbocycles. The van der Waals surface area contributed by atoms with E-state index in [-0.39, 0.29) is 109 Å². The van der Waals surface area contributed by atoms with Gasteiger partial charge in [0, 0.05) is 117 Å². The Morgan fingerprint density at radius 1 is 0.689 bits per heavy atom. The molecule has 12 radical (unpaired) electrons. The van der Waals surface area contributed by atoms with Crippen LogP contribution in [-0.4, -0.2) is 187 Å². The Kier molecular flexibility index (Phi) is 51.8. The number of ketones is 2.